The number of thiophene rings is 1. The van der Waals surface area contributed by atoms with Gasteiger partial charge in [0.1, 0.15) is 27.7 Å². The fourth-order valence-electron chi connectivity index (χ4n) is 4.61. The van der Waals surface area contributed by atoms with Crippen LogP contribution in [-0.4, -0.2) is 61.7 Å². The number of likely N-dealkylation sites (N-methyl/N-ethyl adjacent to an activating group) is 1. The Hall–Kier alpha value is -3.93. The molecule has 0 radical (unpaired) electrons. The second kappa shape index (κ2) is 13.8. The first kappa shape index (κ1) is 32.6. The minimum Gasteiger partial charge on any atom is -0.496 e. The highest BCUT2D eigenvalue weighted by molar-refractivity contribution is 7.59. The Morgan fingerprint density at radius 2 is 1.83 bits per heavy atom. The van der Waals surface area contributed by atoms with Crippen LogP contribution in [0, 0.1) is 18.3 Å². The maximum absolute atomic E-state index is 14.2. The summed E-state index contributed by atoms with van der Waals surface area (Å²) >= 11 is 1.21. The lowest BCUT2D eigenvalue weighted by atomic mass is 10.1. The molecule has 2 atom stereocenters. The number of carbonyl (C=O) groups is 1. The molecule has 0 N–H and O–H groups in total. The van der Waals surface area contributed by atoms with Gasteiger partial charge in [0.2, 0.25) is 5.91 Å². The monoisotopic (exact) mass is 613 g/mol. The van der Waals surface area contributed by atoms with Gasteiger partial charge < -0.3 is 14.4 Å². The summed E-state index contributed by atoms with van der Waals surface area (Å²) in [4.78, 5) is 44.8. The summed E-state index contributed by atoms with van der Waals surface area (Å²) < 4.78 is 14.2. The zero-order valence-corrected chi connectivity index (χ0v) is 26.2. The summed E-state index contributed by atoms with van der Waals surface area (Å²) in [5.41, 5.74) is 0.0534. The van der Waals surface area contributed by atoms with Gasteiger partial charge in [-0.25, -0.2) is 9.36 Å². The Bertz CT molecular complexity index is 1700. The number of amides is 1. The lowest BCUT2D eigenvalue weighted by Crippen LogP contribution is -2.47. The van der Waals surface area contributed by atoms with E-state index >= 15 is 0 Å². The van der Waals surface area contributed by atoms with Crippen molar-refractivity contribution >= 4 is 41.0 Å². The fourth-order valence-corrected chi connectivity index (χ4v) is 5.83. The van der Waals surface area contributed by atoms with Gasteiger partial charge in [-0.05, 0) is 33.8 Å². The maximum Gasteiger partial charge on any atom is 0.332 e. The Morgan fingerprint density at radius 1 is 1.17 bits per heavy atom. The van der Waals surface area contributed by atoms with Crippen molar-refractivity contribution in [2.45, 2.75) is 58.8 Å². The van der Waals surface area contributed by atoms with Crippen molar-refractivity contribution in [3.63, 3.8) is 0 Å². The molecular formula is C28H35N7O5S2. The molecule has 0 saturated heterocycles. The number of aryl methyl sites for hydroxylation is 1. The topological polar surface area (TPSA) is 137 Å². The van der Waals surface area contributed by atoms with Crippen molar-refractivity contribution in [2.24, 2.45) is 0 Å². The fraction of sp³-hybridized carbons (Fsp3) is 0.429. The van der Waals surface area contributed by atoms with Gasteiger partial charge in [-0.1, -0.05) is 29.5 Å². The number of ether oxygens (including phenoxy) is 2. The van der Waals surface area contributed by atoms with Gasteiger partial charge in [0, 0.05) is 24.2 Å². The van der Waals surface area contributed by atoms with E-state index in [1.54, 1.807) is 34.1 Å². The van der Waals surface area contributed by atoms with Crippen molar-refractivity contribution in [1.29, 1.82) is 5.26 Å². The first-order chi connectivity index (χ1) is 19.6. The molecule has 224 valence electrons. The van der Waals surface area contributed by atoms with Crippen molar-refractivity contribution in [3.8, 4) is 16.8 Å². The number of methoxy groups -OCH3 is 1. The van der Waals surface area contributed by atoms with Crippen LogP contribution >= 0.6 is 24.8 Å². The van der Waals surface area contributed by atoms with E-state index in [9.17, 15) is 14.4 Å². The Morgan fingerprint density at radius 3 is 2.45 bits per heavy atom. The highest BCUT2D eigenvalue weighted by Crippen LogP contribution is 2.33. The zero-order valence-electron chi connectivity index (χ0n) is 24.4. The molecule has 14 heteroatoms. The van der Waals surface area contributed by atoms with Crippen LogP contribution in [0.1, 0.15) is 50.5 Å². The smallest absolute Gasteiger partial charge is 0.332 e. The minimum absolute atomic E-state index is 0. The second-order valence-corrected chi connectivity index (χ2v) is 10.8. The molecule has 0 unspecified atom stereocenters. The molecule has 0 fully saturated rings. The van der Waals surface area contributed by atoms with Gasteiger partial charge in [-0.15, -0.1) is 4.80 Å². The number of aromatic nitrogens is 5. The van der Waals surface area contributed by atoms with Crippen molar-refractivity contribution < 1.29 is 14.3 Å². The van der Waals surface area contributed by atoms with E-state index in [2.05, 4.69) is 16.3 Å². The molecule has 0 saturated carbocycles. The Labute approximate surface area is 254 Å². The van der Waals surface area contributed by atoms with Gasteiger partial charge in [0.05, 0.1) is 50.5 Å². The Kier molecular flexibility index (Phi) is 10.7. The summed E-state index contributed by atoms with van der Waals surface area (Å²) in [6.45, 7) is 7.16. The molecule has 0 aliphatic carbocycles. The predicted octanol–water partition coefficient (Wildman–Crippen LogP) is 3.33. The molecule has 3 heterocycles. The number of hydrogen-bond acceptors (Lipinski definition) is 9. The number of carbonyl (C=O) groups excluding carboxylic acids is 1. The molecule has 4 rings (SSSR count). The standard InChI is InChI=1S/C28H33N7O5S.H2S/c1-17(2)32(5)24(36)19(4)34-25(37)23-18(3)26(35-30-13-14-31-35)41-27(23)33(28(34)38)16-22(40-15-9-12-29)20-10-7-8-11-21(20)39-6;/h7-8,10-11,13-14,17,19,22H,9,15-16H2,1-6H3;1H2/t19-,22-;/m0./s1. The van der Waals surface area contributed by atoms with Gasteiger partial charge in [-0.2, -0.15) is 29.0 Å². The highest BCUT2D eigenvalue weighted by Gasteiger charge is 2.30. The minimum atomic E-state index is -1.06. The third-order valence-corrected chi connectivity index (χ3v) is 8.33. The molecule has 3 aromatic heterocycles. The van der Waals surface area contributed by atoms with Crippen LogP contribution in [0.5, 0.6) is 5.75 Å². The molecule has 1 amide bonds. The van der Waals surface area contributed by atoms with Gasteiger partial charge in [0.15, 0.2) is 0 Å². The third kappa shape index (κ3) is 6.13. The molecule has 42 heavy (non-hydrogen) atoms. The highest BCUT2D eigenvalue weighted by atomic mass is 32.1. The van der Waals surface area contributed by atoms with E-state index < -0.39 is 23.4 Å². The maximum atomic E-state index is 14.2. The van der Waals surface area contributed by atoms with Gasteiger partial charge >= 0.3 is 5.69 Å². The Balaban J connectivity index is 0.00000484. The number of nitrogens with zero attached hydrogens (tertiary/aromatic N) is 7. The lowest BCUT2D eigenvalue weighted by molar-refractivity contribution is -0.134. The van der Waals surface area contributed by atoms with Crippen LogP contribution in [0.4, 0.5) is 0 Å². The van der Waals surface area contributed by atoms with Gasteiger partial charge in [0.25, 0.3) is 5.56 Å². The number of rotatable bonds is 11. The van der Waals surface area contributed by atoms with Crippen LogP contribution in [0.25, 0.3) is 15.2 Å². The molecular weight excluding hydrogens is 578 g/mol. The molecule has 12 nitrogen and oxygen atoms in total. The van der Waals surface area contributed by atoms with Gasteiger partial charge in [-0.3, -0.25) is 14.2 Å². The summed E-state index contributed by atoms with van der Waals surface area (Å²) in [5, 5.41) is 18.4. The second-order valence-electron chi connectivity index (χ2n) is 9.83. The van der Waals surface area contributed by atoms with E-state index in [1.807, 2.05) is 32.0 Å². The first-order valence-corrected chi connectivity index (χ1v) is 14.0. The van der Waals surface area contributed by atoms with E-state index in [0.29, 0.717) is 32.1 Å². The number of nitriles is 1. The van der Waals surface area contributed by atoms with Crippen molar-refractivity contribution in [3.05, 3.63) is 68.6 Å². The largest absolute Gasteiger partial charge is 0.496 e. The predicted molar refractivity (Wildman–Crippen MR) is 165 cm³/mol. The molecule has 4 aromatic rings. The SMILES string of the molecule is COc1ccccc1[C@H](Cn1c(=O)n([C@@H](C)C(=O)N(C)C(C)C)c(=O)c2c(C)c(-n3nccn3)sc21)OCCC#N.S. The molecule has 1 aromatic carbocycles. The quantitative estimate of drug-likeness (QED) is 0.235. The van der Waals surface area contributed by atoms with Crippen LogP contribution in [0.15, 0.2) is 46.2 Å². The average Bonchev–Trinajstić information content (AvgIpc) is 3.61. The number of para-hydroxylation sites is 1. The van der Waals surface area contributed by atoms with Crippen LogP contribution in [0.2, 0.25) is 0 Å². The van der Waals surface area contributed by atoms with Crippen LogP contribution in [-0.2, 0) is 16.1 Å². The molecule has 0 aliphatic rings. The van der Waals surface area contributed by atoms with E-state index in [0.717, 1.165) is 4.57 Å². The third-order valence-electron chi connectivity index (χ3n) is 7.05. The average molecular weight is 614 g/mol. The van der Waals surface area contributed by atoms with Crippen LogP contribution < -0.4 is 16.0 Å². The van der Waals surface area contributed by atoms with E-state index in [4.69, 9.17) is 14.7 Å². The summed E-state index contributed by atoms with van der Waals surface area (Å²) in [6, 6.07) is 8.15. The summed E-state index contributed by atoms with van der Waals surface area (Å²) in [6.07, 6.45) is 2.50. The lowest BCUT2D eigenvalue weighted by Gasteiger charge is -2.26. The first-order valence-electron chi connectivity index (χ1n) is 13.2. The van der Waals surface area contributed by atoms with Crippen LogP contribution in [0.3, 0.4) is 0 Å². The molecule has 0 aliphatic heterocycles. The number of benzene rings is 1. The summed E-state index contributed by atoms with van der Waals surface area (Å²) in [7, 11) is 3.18. The zero-order chi connectivity index (χ0) is 29.8. The van der Waals surface area contributed by atoms with E-state index in [1.165, 1.54) is 38.0 Å². The molecule has 0 spiro atoms. The normalized spacial score (nSPS) is 12.5. The molecule has 0 bridgehead atoms. The van der Waals surface area contributed by atoms with Crippen molar-refractivity contribution in [1.82, 2.24) is 29.0 Å². The van der Waals surface area contributed by atoms with Crippen molar-refractivity contribution in [2.75, 3.05) is 20.8 Å². The van der Waals surface area contributed by atoms with E-state index in [-0.39, 0.29) is 45.0 Å². The summed E-state index contributed by atoms with van der Waals surface area (Å²) in [5.74, 6) is 0.191. The number of hydrogen-bond donors (Lipinski definition) is 0. The number of fused-ring (bicyclic) bond motifs is 1.